The summed E-state index contributed by atoms with van der Waals surface area (Å²) in [6, 6.07) is 8.86. The molecule has 0 radical (unpaired) electrons. The van der Waals surface area contributed by atoms with E-state index in [4.69, 9.17) is 4.74 Å². The molecule has 0 aromatic heterocycles. The van der Waals surface area contributed by atoms with Crippen LogP contribution in [0.3, 0.4) is 0 Å². The van der Waals surface area contributed by atoms with Crippen LogP contribution in [-0.4, -0.2) is 12.2 Å². The van der Waals surface area contributed by atoms with E-state index >= 15 is 0 Å². The van der Waals surface area contributed by atoms with Crippen molar-refractivity contribution in [2.75, 3.05) is 7.11 Å². The number of aliphatic hydroxyl groups excluding tert-OH is 1. The zero-order chi connectivity index (χ0) is 14.7. The summed E-state index contributed by atoms with van der Waals surface area (Å²) in [5, 5.41) is 10.1. The van der Waals surface area contributed by atoms with Crippen molar-refractivity contribution in [1.82, 2.24) is 0 Å². The van der Waals surface area contributed by atoms with Crippen molar-refractivity contribution < 1.29 is 18.6 Å². The van der Waals surface area contributed by atoms with Crippen LogP contribution >= 0.6 is 15.9 Å². The molecular formula is C15H13BrF2O2. The van der Waals surface area contributed by atoms with Gasteiger partial charge in [0.2, 0.25) is 0 Å². The highest BCUT2D eigenvalue weighted by Crippen LogP contribution is 2.29. The molecule has 0 spiro atoms. The minimum absolute atomic E-state index is 0.112. The van der Waals surface area contributed by atoms with Gasteiger partial charge in [0, 0.05) is 16.5 Å². The van der Waals surface area contributed by atoms with E-state index in [1.807, 2.05) is 0 Å². The van der Waals surface area contributed by atoms with Gasteiger partial charge in [-0.05, 0) is 29.8 Å². The largest absolute Gasteiger partial charge is 0.494 e. The molecule has 0 heterocycles. The maximum Gasteiger partial charge on any atom is 0.165 e. The second kappa shape index (κ2) is 6.33. The average molecular weight is 343 g/mol. The highest BCUT2D eigenvalue weighted by Gasteiger charge is 2.17. The number of hydrogen-bond acceptors (Lipinski definition) is 2. The fourth-order valence-electron chi connectivity index (χ4n) is 1.99. The van der Waals surface area contributed by atoms with Crippen LogP contribution in [-0.2, 0) is 6.42 Å². The summed E-state index contributed by atoms with van der Waals surface area (Å²) in [6.45, 7) is 0. The number of halogens is 3. The first-order valence-corrected chi connectivity index (χ1v) is 6.76. The molecule has 0 fully saturated rings. The predicted molar refractivity (Wildman–Crippen MR) is 75.7 cm³/mol. The van der Waals surface area contributed by atoms with Crippen molar-refractivity contribution >= 4 is 15.9 Å². The Morgan fingerprint density at radius 1 is 1.20 bits per heavy atom. The Bertz CT molecular complexity index is 597. The van der Waals surface area contributed by atoms with E-state index in [9.17, 15) is 13.9 Å². The van der Waals surface area contributed by atoms with E-state index in [0.717, 1.165) is 0 Å². The molecule has 1 N–H and O–H groups in total. The lowest BCUT2D eigenvalue weighted by Gasteiger charge is -2.14. The molecule has 2 nitrogen and oxygen atoms in total. The lowest BCUT2D eigenvalue weighted by molar-refractivity contribution is 0.172. The number of rotatable bonds is 4. The normalized spacial score (nSPS) is 12.2. The van der Waals surface area contributed by atoms with E-state index < -0.39 is 17.7 Å². The maximum absolute atomic E-state index is 13.7. The molecule has 1 unspecified atom stereocenters. The first kappa shape index (κ1) is 14.9. The van der Waals surface area contributed by atoms with Gasteiger partial charge in [-0.15, -0.1) is 0 Å². The van der Waals surface area contributed by atoms with Gasteiger partial charge in [-0.25, -0.2) is 8.78 Å². The summed E-state index contributed by atoms with van der Waals surface area (Å²) in [5.74, 6) is -0.874. The minimum atomic E-state index is -1.06. The Balaban J connectivity index is 2.23. The van der Waals surface area contributed by atoms with Gasteiger partial charge >= 0.3 is 0 Å². The van der Waals surface area contributed by atoms with E-state index in [2.05, 4.69) is 15.9 Å². The van der Waals surface area contributed by atoms with Gasteiger partial charge in [-0.1, -0.05) is 28.1 Å². The first-order valence-electron chi connectivity index (χ1n) is 5.97. The lowest BCUT2D eigenvalue weighted by atomic mass is 10.0. The molecule has 1 atom stereocenters. The molecule has 0 saturated carbocycles. The Kier molecular flexibility index (Phi) is 4.73. The van der Waals surface area contributed by atoms with Gasteiger partial charge in [0.25, 0.3) is 0 Å². The van der Waals surface area contributed by atoms with Crippen molar-refractivity contribution in [3.05, 3.63) is 63.6 Å². The average Bonchev–Trinajstić information content (AvgIpc) is 2.38. The predicted octanol–water partition coefficient (Wildman–Crippen LogP) is 4.01. The molecule has 106 valence electrons. The molecule has 0 bridgehead atoms. The smallest absolute Gasteiger partial charge is 0.165 e. The second-order valence-electron chi connectivity index (χ2n) is 4.32. The zero-order valence-electron chi connectivity index (χ0n) is 10.7. The molecule has 2 rings (SSSR count). The maximum atomic E-state index is 13.7. The molecule has 0 aliphatic rings. The Labute approximate surface area is 124 Å². The number of hydrogen-bond donors (Lipinski definition) is 1. The second-order valence-corrected chi connectivity index (χ2v) is 5.18. The van der Waals surface area contributed by atoms with Gasteiger partial charge in [0.1, 0.15) is 5.82 Å². The molecule has 2 aromatic rings. The topological polar surface area (TPSA) is 29.5 Å². The molecule has 20 heavy (non-hydrogen) atoms. The summed E-state index contributed by atoms with van der Waals surface area (Å²) in [6.07, 6.45) is -0.946. The highest BCUT2D eigenvalue weighted by atomic mass is 79.9. The van der Waals surface area contributed by atoms with Gasteiger partial charge in [0.05, 0.1) is 13.2 Å². The number of methoxy groups -OCH3 is 1. The van der Waals surface area contributed by atoms with Crippen LogP contribution in [0, 0.1) is 11.6 Å². The van der Waals surface area contributed by atoms with Crippen LogP contribution in [0.15, 0.2) is 40.9 Å². The molecule has 0 saturated heterocycles. The quantitative estimate of drug-likeness (QED) is 0.909. The van der Waals surface area contributed by atoms with Crippen molar-refractivity contribution in [3.8, 4) is 5.75 Å². The van der Waals surface area contributed by atoms with Crippen LogP contribution in [0.1, 0.15) is 17.2 Å². The molecular weight excluding hydrogens is 330 g/mol. The Morgan fingerprint density at radius 3 is 2.55 bits per heavy atom. The van der Waals surface area contributed by atoms with Crippen LogP contribution < -0.4 is 4.74 Å². The molecule has 0 aliphatic heterocycles. The highest BCUT2D eigenvalue weighted by molar-refractivity contribution is 9.10. The fraction of sp³-hybridized carbons (Fsp3) is 0.200. The van der Waals surface area contributed by atoms with Crippen LogP contribution in [0.4, 0.5) is 8.78 Å². The standard InChI is InChI=1S/C15H13BrF2O2/c1-20-14-6-5-9(7-12(14)18)8-13(19)15-10(16)3-2-4-11(15)17/h2-7,13,19H,8H2,1H3. The first-order chi connectivity index (χ1) is 9.52. The monoisotopic (exact) mass is 342 g/mol. The molecule has 0 amide bonds. The Hall–Kier alpha value is -1.46. The van der Waals surface area contributed by atoms with Crippen molar-refractivity contribution in [2.24, 2.45) is 0 Å². The van der Waals surface area contributed by atoms with Crippen LogP contribution in [0.2, 0.25) is 0 Å². The van der Waals surface area contributed by atoms with Crippen molar-refractivity contribution in [3.63, 3.8) is 0 Å². The van der Waals surface area contributed by atoms with E-state index in [1.165, 1.54) is 25.3 Å². The molecule has 2 aromatic carbocycles. The van der Waals surface area contributed by atoms with Gasteiger partial charge in [-0.3, -0.25) is 0 Å². The van der Waals surface area contributed by atoms with Crippen molar-refractivity contribution in [2.45, 2.75) is 12.5 Å². The minimum Gasteiger partial charge on any atom is -0.494 e. The van der Waals surface area contributed by atoms with Crippen LogP contribution in [0.5, 0.6) is 5.75 Å². The van der Waals surface area contributed by atoms with E-state index in [0.29, 0.717) is 10.0 Å². The number of ether oxygens (including phenoxy) is 1. The summed E-state index contributed by atoms with van der Waals surface area (Å²) in [4.78, 5) is 0. The molecule has 5 heteroatoms. The summed E-state index contributed by atoms with van der Waals surface area (Å²) >= 11 is 3.20. The summed E-state index contributed by atoms with van der Waals surface area (Å²) < 4.78 is 32.6. The third kappa shape index (κ3) is 3.16. The fourth-order valence-corrected chi connectivity index (χ4v) is 2.60. The number of aliphatic hydroxyl groups is 1. The molecule has 0 aliphatic carbocycles. The van der Waals surface area contributed by atoms with Crippen LogP contribution in [0.25, 0.3) is 0 Å². The lowest BCUT2D eigenvalue weighted by Crippen LogP contribution is -2.06. The number of benzene rings is 2. The Morgan fingerprint density at radius 2 is 1.95 bits per heavy atom. The van der Waals surface area contributed by atoms with Crippen molar-refractivity contribution in [1.29, 1.82) is 0 Å². The third-order valence-electron chi connectivity index (χ3n) is 2.98. The summed E-state index contributed by atoms with van der Waals surface area (Å²) in [5.41, 5.74) is 0.731. The van der Waals surface area contributed by atoms with Gasteiger partial charge < -0.3 is 9.84 Å². The van der Waals surface area contributed by atoms with E-state index in [1.54, 1.807) is 18.2 Å². The SMILES string of the molecule is COc1ccc(CC(O)c2c(F)cccc2Br)cc1F. The van der Waals surface area contributed by atoms with Gasteiger partial charge in [-0.2, -0.15) is 0 Å². The van der Waals surface area contributed by atoms with Gasteiger partial charge in [0.15, 0.2) is 11.6 Å². The third-order valence-corrected chi connectivity index (χ3v) is 3.67. The zero-order valence-corrected chi connectivity index (χ0v) is 12.3. The van der Waals surface area contributed by atoms with E-state index in [-0.39, 0.29) is 17.7 Å². The summed E-state index contributed by atoms with van der Waals surface area (Å²) in [7, 11) is 1.38.